The number of hydrogen-bond acceptors (Lipinski definition) is 4. The van der Waals surface area contributed by atoms with E-state index in [4.69, 9.17) is 9.47 Å². The third-order valence-corrected chi connectivity index (χ3v) is 5.11. The van der Waals surface area contributed by atoms with Crippen molar-refractivity contribution in [2.75, 3.05) is 39.4 Å². The van der Waals surface area contributed by atoms with Crippen LogP contribution in [-0.2, 0) is 4.74 Å². The van der Waals surface area contributed by atoms with E-state index in [1.165, 1.54) is 11.1 Å². The molecule has 0 bridgehead atoms. The summed E-state index contributed by atoms with van der Waals surface area (Å²) < 4.78 is 12.0. The van der Waals surface area contributed by atoms with Gasteiger partial charge in [0, 0.05) is 44.1 Å². The Labute approximate surface area is 126 Å². The predicted molar refractivity (Wildman–Crippen MR) is 81.8 cm³/mol. The largest absolute Gasteiger partial charge is 0.485 e. The van der Waals surface area contributed by atoms with Crippen molar-refractivity contribution in [3.8, 4) is 5.75 Å². The van der Waals surface area contributed by atoms with Crippen molar-refractivity contribution in [1.29, 1.82) is 0 Å². The fourth-order valence-electron chi connectivity index (χ4n) is 3.96. The molecule has 4 heteroatoms. The van der Waals surface area contributed by atoms with Gasteiger partial charge in [0.05, 0.1) is 13.2 Å². The Kier molecular flexibility index (Phi) is 3.40. The zero-order valence-corrected chi connectivity index (χ0v) is 12.7. The van der Waals surface area contributed by atoms with Gasteiger partial charge in [-0.05, 0) is 19.5 Å². The SMILES string of the molecule is Cc1ccc2c(c1)C(N1CCOCC1)CC1(CCNC1)O2. The molecule has 0 radical (unpaired) electrons. The highest BCUT2D eigenvalue weighted by molar-refractivity contribution is 5.42. The number of nitrogens with zero attached hydrogens (tertiary/aromatic N) is 1. The molecule has 1 aromatic carbocycles. The highest BCUT2D eigenvalue weighted by Crippen LogP contribution is 2.45. The highest BCUT2D eigenvalue weighted by Gasteiger charge is 2.44. The number of rotatable bonds is 1. The van der Waals surface area contributed by atoms with Gasteiger partial charge in [0.1, 0.15) is 11.4 Å². The van der Waals surface area contributed by atoms with Gasteiger partial charge < -0.3 is 14.8 Å². The molecule has 114 valence electrons. The Morgan fingerprint density at radius 3 is 2.90 bits per heavy atom. The lowest BCUT2D eigenvalue weighted by molar-refractivity contribution is -0.0258. The first-order valence-electron chi connectivity index (χ1n) is 8.08. The van der Waals surface area contributed by atoms with Crippen LogP contribution in [0.25, 0.3) is 0 Å². The molecule has 3 heterocycles. The van der Waals surface area contributed by atoms with Crippen LogP contribution in [0, 0.1) is 6.92 Å². The second-order valence-corrected chi connectivity index (χ2v) is 6.62. The highest BCUT2D eigenvalue weighted by atomic mass is 16.5. The summed E-state index contributed by atoms with van der Waals surface area (Å²) in [5, 5.41) is 3.48. The van der Waals surface area contributed by atoms with Crippen molar-refractivity contribution >= 4 is 0 Å². The van der Waals surface area contributed by atoms with E-state index < -0.39 is 0 Å². The second-order valence-electron chi connectivity index (χ2n) is 6.62. The van der Waals surface area contributed by atoms with Crippen molar-refractivity contribution in [2.24, 2.45) is 0 Å². The Hall–Kier alpha value is -1.10. The first-order valence-corrected chi connectivity index (χ1v) is 8.08. The van der Waals surface area contributed by atoms with Crippen LogP contribution in [0.2, 0.25) is 0 Å². The molecule has 2 atom stereocenters. The molecule has 0 amide bonds. The lowest BCUT2D eigenvalue weighted by Crippen LogP contribution is -2.49. The summed E-state index contributed by atoms with van der Waals surface area (Å²) in [6.07, 6.45) is 2.21. The van der Waals surface area contributed by atoms with Gasteiger partial charge in [0.2, 0.25) is 0 Å². The molecule has 1 spiro atoms. The first-order chi connectivity index (χ1) is 10.3. The molecule has 0 aliphatic carbocycles. The number of benzene rings is 1. The van der Waals surface area contributed by atoms with E-state index in [1.807, 2.05) is 0 Å². The van der Waals surface area contributed by atoms with Gasteiger partial charge in [-0.15, -0.1) is 0 Å². The smallest absolute Gasteiger partial charge is 0.125 e. The number of hydrogen-bond donors (Lipinski definition) is 1. The predicted octanol–water partition coefficient (Wildman–Crippen LogP) is 1.88. The van der Waals surface area contributed by atoms with Gasteiger partial charge in [-0.25, -0.2) is 0 Å². The summed E-state index contributed by atoms with van der Waals surface area (Å²) in [4.78, 5) is 2.59. The van der Waals surface area contributed by atoms with E-state index in [0.29, 0.717) is 6.04 Å². The zero-order valence-electron chi connectivity index (χ0n) is 12.7. The number of aryl methyl sites for hydroxylation is 1. The molecular weight excluding hydrogens is 264 g/mol. The van der Waals surface area contributed by atoms with Crippen LogP contribution < -0.4 is 10.1 Å². The molecule has 4 nitrogen and oxygen atoms in total. The molecule has 2 fully saturated rings. The third kappa shape index (κ3) is 2.45. The minimum absolute atomic E-state index is 0.00870. The van der Waals surface area contributed by atoms with Crippen LogP contribution in [0.1, 0.15) is 30.0 Å². The maximum absolute atomic E-state index is 6.44. The minimum atomic E-state index is -0.00870. The molecule has 1 aromatic rings. The summed E-state index contributed by atoms with van der Waals surface area (Å²) in [6, 6.07) is 7.11. The molecule has 1 N–H and O–H groups in total. The average molecular weight is 288 g/mol. The Balaban J connectivity index is 1.71. The van der Waals surface area contributed by atoms with E-state index in [2.05, 4.69) is 35.3 Å². The van der Waals surface area contributed by atoms with E-state index in [1.54, 1.807) is 0 Å². The van der Waals surface area contributed by atoms with Gasteiger partial charge in [0.25, 0.3) is 0 Å². The number of fused-ring (bicyclic) bond motifs is 1. The first kappa shape index (κ1) is 13.6. The fourth-order valence-corrected chi connectivity index (χ4v) is 3.96. The van der Waals surface area contributed by atoms with Crippen LogP contribution in [0.5, 0.6) is 5.75 Å². The molecule has 3 aliphatic rings. The van der Waals surface area contributed by atoms with Crippen molar-refractivity contribution in [2.45, 2.75) is 31.4 Å². The van der Waals surface area contributed by atoms with Crippen molar-refractivity contribution in [3.63, 3.8) is 0 Å². The van der Waals surface area contributed by atoms with Crippen LogP contribution >= 0.6 is 0 Å². The van der Waals surface area contributed by atoms with Crippen molar-refractivity contribution in [3.05, 3.63) is 29.3 Å². The van der Waals surface area contributed by atoms with Crippen molar-refractivity contribution in [1.82, 2.24) is 10.2 Å². The van der Waals surface area contributed by atoms with E-state index in [0.717, 1.165) is 58.0 Å². The Bertz CT molecular complexity index is 520. The molecule has 2 saturated heterocycles. The summed E-state index contributed by atoms with van der Waals surface area (Å²) in [5.74, 6) is 1.09. The average Bonchev–Trinajstić information content (AvgIpc) is 2.96. The van der Waals surface area contributed by atoms with E-state index in [9.17, 15) is 0 Å². The number of nitrogens with one attached hydrogen (secondary N) is 1. The van der Waals surface area contributed by atoms with E-state index >= 15 is 0 Å². The number of ether oxygens (including phenoxy) is 2. The maximum Gasteiger partial charge on any atom is 0.125 e. The number of morpholine rings is 1. The lowest BCUT2D eigenvalue weighted by Gasteiger charge is -2.45. The van der Waals surface area contributed by atoms with Crippen LogP contribution in [-0.4, -0.2) is 49.9 Å². The van der Waals surface area contributed by atoms with Gasteiger partial charge in [-0.2, -0.15) is 0 Å². The molecule has 3 aliphatic heterocycles. The quantitative estimate of drug-likeness (QED) is 0.855. The molecular formula is C17H24N2O2. The summed E-state index contributed by atoms with van der Waals surface area (Å²) >= 11 is 0. The molecule has 0 saturated carbocycles. The topological polar surface area (TPSA) is 33.7 Å². The Morgan fingerprint density at radius 2 is 2.14 bits per heavy atom. The van der Waals surface area contributed by atoms with Crippen LogP contribution in [0.4, 0.5) is 0 Å². The molecule has 0 aromatic heterocycles. The van der Waals surface area contributed by atoms with Crippen LogP contribution in [0.3, 0.4) is 0 Å². The summed E-state index contributed by atoms with van der Waals surface area (Å²) in [5.41, 5.74) is 2.68. The second kappa shape index (κ2) is 5.27. The molecule has 21 heavy (non-hydrogen) atoms. The van der Waals surface area contributed by atoms with Crippen LogP contribution in [0.15, 0.2) is 18.2 Å². The standard InChI is InChI=1S/C17H24N2O2/c1-13-2-3-16-14(10-13)15(19-6-8-20-9-7-19)11-17(21-16)4-5-18-12-17/h2-3,10,15,18H,4-9,11-12H2,1H3. The van der Waals surface area contributed by atoms with E-state index in [-0.39, 0.29) is 5.60 Å². The minimum Gasteiger partial charge on any atom is -0.485 e. The molecule has 2 unspecified atom stereocenters. The normalized spacial score (nSPS) is 32.9. The lowest BCUT2D eigenvalue weighted by atomic mass is 9.85. The third-order valence-electron chi connectivity index (χ3n) is 5.11. The van der Waals surface area contributed by atoms with Gasteiger partial charge in [-0.3, -0.25) is 4.90 Å². The summed E-state index contributed by atoms with van der Waals surface area (Å²) in [6.45, 7) is 7.97. The summed E-state index contributed by atoms with van der Waals surface area (Å²) in [7, 11) is 0. The fraction of sp³-hybridized carbons (Fsp3) is 0.647. The zero-order chi connectivity index (χ0) is 14.3. The van der Waals surface area contributed by atoms with Gasteiger partial charge >= 0.3 is 0 Å². The monoisotopic (exact) mass is 288 g/mol. The maximum atomic E-state index is 6.44. The van der Waals surface area contributed by atoms with Gasteiger partial charge in [0.15, 0.2) is 0 Å². The van der Waals surface area contributed by atoms with Crippen molar-refractivity contribution < 1.29 is 9.47 Å². The molecule has 4 rings (SSSR count). The Morgan fingerprint density at radius 1 is 1.29 bits per heavy atom. The van der Waals surface area contributed by atoms with Gasteiger partial charge in [-0.1, -0.05) is 17.7 Å².